The van der Waals surface area contributed by atoms with Gasteiger partial charge in [0, 0.05) is 35.1 Å². The molecule has 0 aromatic heterocycles. The molecule has 25 heavy (non-hydrogen) atoms. The zero-order valence-electron chi connectivity index (χ0n) is 13.8. The molecule has 1 saturated heterocycles. The summed E-state index contributed by atoms with van der Waals surface area (Å²) in [6.45, 7) is 2.08. The number of nitrogens with zero attached hydrogens (tertiary/aromatic N) is 1. The molecule has 2 aromatic carbocycles. The lowest BCUT2D eigenvalue weighted by Gasteiger charge is -2.17. The lowest BCUT2D eigenvalue weighted by Crippen LogP contribution is -2.32. The Morgan fingerprint density at radius 2 is 1.60 bits per heavy atom. The monoisotopic (exact) mass is 357 g/mol. The predicted molar refractivity (Wildman–Crippen MR) is 100 cm³/mol. The third-order valence-corrected chi connectivity index (χ3v) is 4.39. The SMILES string of the molecule is O=C(CNC(=O)c1ccc(Cl)cc1)Nc1ccc(N2CCCC2)cc1. The Bertz CT molecular complexity index is 738. The molecule has 0 radical (unpaired) electrons. The van der Waals surface area contributed by atoms with Gasteiger partial charge in [0.2, 0.25) is 5.91 Å². The maximum Gasteiger partial charge on any atom is 0.251 e. The zero-order chi connectivity index (χ0) is 17.6. The number of carbonyl (C=O) groups excluding carboxylic acids is 2. The van der Waals surface area contributed by atoms with Crippen LogP contribution in [0.25, 0.3) is 0 Å². The molecular formula is C19H20ClN3O2. The van der Waals surface area contributed by atoms with E-state index >= 15 is 0 Å². The zero-order valence-corrected chi connectivity index (χ0v) is 14.6. The van der Waals surface area contributed by atoms with Crippen molar-refractivity contribution in [1.29, 1.82) is 0 Å². The molecule has 2 N–H and O–H groups in total. The predicted octanol–water partition coefficient (Wildman–Crippen LogP) is 3.31. The van der Waals surface area contributed by atoms with Gasteiger partial charge in [0.25, 0.3) is 5.91 Å². The number of rotatable bonds is 5. The average Bonchev–Trinajstić information content (AvgIpc) is 3.15. The molecule has 0 atom stereocenters. The molecule has 1 heterocycles. The van der Waals surface area contributed by atoms with Gasteiger partial charge in [-0.3, -0.25) is 9.59 Å². The van der Waals surface area contributed by atoms with Gasteiger partial charge in [0.05, 0.1) is 6.54 Å². The highest BCUT2D eigenvalue weighted by Gasteiger charge is 2.12. The molecule has 1 aliphatic rings. The highest BCUT2D eigenvalue weighted by molar-refractivity contribution is 6.30. The van der Waals surface area contributed by atoms with Crippen LogP contribution in [-0.2, 0) is 4.79 Å². The number of benzene rings is 2. The van der Waals surface area contributed by atoms with Crippen molar-refractivity contribution < 1.29 is 9.59 Å². The van der Waals surface area contributed by atoms with E-state index in [0.717, 1.165) is 13.1 Å². The summed E-state index contributed by atoms with van der Waals surface area (Å²) in [5.41, 5.74) is 2.35. The summed E-state index contributed by atoms with van der Waals surface area (Å²) >= 11 is 5.79. The molecule has 0 saturated carbocycles. The quantitative estimate of drug-likeness (QED) is 0.863. The van der Waals surface area contributed by atoms with Crippen LogP contribution in [0.2, 0.25) is 5.02 Å². The Kier molecular flexibility index (Phi) is 5.56. The number of nitrogens with one attached hydrogen (secondary N) is 2. The molecular weight excluding hydrogens is 338 g/mol. The maximum absolute atomic E-state index is 12.0. The second kappa shape index (κ2) is 8.03. The lowest BCUT2D eigenvalue weighted by molar-refractivity contribution is -0.115. The minimum absolute atomic E-state index is 0.0880. The van der Waals surface area contributed by atoms with Gasteiger partial charge in [0.15, 0.2) is 0 Å². The van der Waals surface area contributed by atoms with Crippen LogP contribution in [-0.4, -0.2) is 31.4 Å². The van der Waals surface area contributed by atoms with Gasteiger partial charge in [-0.1, -0.05) is 11.6 Å². The van der Waals surface area contributed by atoms with E-state index in [-0.39, 0.29) is 18.4 Å². The van der Waals surface area contributed by atoms with Gasteiger partial charge >= 0.3 is 0 Å². The second-order valence-electron chi connectivity index (χ2n) is 5.98. The molecule has 130 valence electrons. The normalized spacial score (nSPS) is 13.6. The molecule has 1 fully saturated rings. The van der Waals surface area contributed by atoms with Crippen LogP contribution in [0.1, 0.15) is 23.2 Å². The van der Waals surface area contributed by atoms with Crippen molar-refractivity contribution in [1.82, 2.24) is 5.32 Å². The Hall–Kier alpha value is -2.53. The lowest BCUT2D eigenvalue weighted by atomic mass is 10.2. The fourth-order valence-electron chi connectivity index (χ4n) is 2.80. The van der Waals surface area contributed by atoms with E-state index in [2.05, 4.69) is 15.5 Å². The van der Waals surface area contributed by atoms with Gasteiger partial charge in [-0.15, -0.1) is 0 Å². The van der Waals surface area contributed by atoms with Crippen molar-refractivity contribution in [2.75, 3.05) is 29.9 Å². The molecule has 1 aliphatic heterocycles. The first-order valence-electron chi connectivity index (χ1n) is 8.30. The number of amides is 2. The molecule has 6 heteroatoms. The third kappa shape index (κ3) is 4.73. The van der Waals surface area contributed by atoms with E-state index in [0.29, 0.717) is 16.3 Å². The number of hydrogen-bond acceptors (Lipinski definition) is 3. The van der Waals surface area contributed by atoms with Crippen LogP contribution in [0.15, 0.2) is 48.5 Å². The molecule has 5 nitrogen and oxygen atoms in total. The smallest absolute Gasteiger partial charge is 0.251 e. The fraction of sp³-hybridized carbons (Fsp3) is 0.263. The van der Waals surface area contributed by atoms with Crippen molar-refractivity contribution in [3.8, 4) is 0 Å². The summed E-state index contributed by atoms with van der Waals surface area (Å²) in [7, 11) is 0. The van der Waals surface area contributed by atoms with Crippen LogP contribution < -0.4 is 15.5 Å². The van der Waals surface area contributed by atoms with Crippen molar-refractivity contribution in [2.45, 2.75) is 12.8 Å². The fourth-order valence-corrected chi connectivity index (χ4v) is 2.93. The van der Waals surface area contributed by atoms with Crippen molar-refractivity contribution in [3.63, 3.8) is 0 Å². The minimum atomic E-state index is -0.309. The van der Waals surface area contributed by atoms with Gasteiger partial charge in [-0.2, -0.15) is 0 Å². The Morgan fingerprint density at radius 1 is 0.960 bits per heavy atom. The number of hydrogen-bond donors (Lipinski definition) is 2. The summed E-state index contributed by atoms with van der Waals surface area (Å²) in [5, 5.41) is 5.94. The topological polar surface area (TPSA) is 61.4 Å². The van der Waals surface area contributed by atoms with Crippen molar-refractivity contribution in [2.24, 2.45) is 0 Å². The number of anilines is 2. The third-order valence-electron chi connectivity index (χ3n) is 4.14. The van der Waals surface area contributed by atoms with Crippen LogP contribution in [0, 0.1) is 0 Å². The van der Waals surface area contributed by atoms with Crippen LogP contribution >= 0.6 is 11.6 Å². The summed E-state index contributed by atoms with van der Waals surface area (Å²) in [6, 6.07) is 14.3. The summed E-state index contributed by atoms with van der Waals surface area (Å²) < 4.78 is 0. The van der Waals surface area contributed by atoms with E-state index in [1.165, 1.54) is 18.5 Å². The number of carbonyl (C=O) groups is 2. The van der Waals surface area contributed by atoms with E-state index in [4.69, 9.17) is 11.6 Å². The van der Waals surface area contributed by atoms with Crippen molar-refractivity contribution >= 4 is 34.8 Å². The van der Waals surface area contributed by atoms with Crippen LogP contribution in [0.3, 0.4) is 0 Å². The van der Waals surface area contributed by atoms with Gasteiger partial charge in [-0.05, 0) is 61.4 Å². The van der Waals surface area contributed by atoms with Crippen LogP contribution in [0.4, 0.5) is 11.4 Å². The Balaban J connectivity index is 1.48. The van der Waals surface area contributed by atoms with Crippen molar-refractivity contribution in [3.05, 3.63) is 59.1 Å². The van der Waals surface area contributed by atoms with Gasteiger partial charge in [-0.25, -0.2) is 0 Å². The summed E-state index contributed by atoms with van der Waals surface area (Å²) in [5.74, 6) is -0.576. The van der Waals surface area contributed by atoms with E-state index in [1.54, 1.807) is 24.3 Å². The molecule has 3 rings (SSSR count). The van der Waals surface area contributed by atoms with E-state index in [1.807, 2.05) is 24.3 Å². The molecule has 0 spiro atoms. The average molecular weight is 358 g/mol. The molecule has 2 amide bonds. The minimum Gasteiger partial charge on any atom is -0.372 e. The van der Waals surface area contributed by atoms with E-state index < -0.39 is 0 Å². The standard InChI is InChI=1S/C19H20ClN3O2/c20-15-5-3-14(4-6-15)19(25)21-13-18(24)22-16-7-9-17(10-8-16)23-11-1-2-12-23/h3-10H,1-2,11-13H2,(H,21,25)(H,22,24). The number of halogens is 1. The van der Waals surface area contributed by atoms with Gasteiger partial charge in [0.1, 0.15) is 0 Å². The second-order valence-corrected chi connectivity index (χ2v) is 6.42. The van der Waals surface area contributed by atoms with Gasteiger partial charge < -0.3 is 15.5 Å². The highest BCUT2D eigenvalue weighted by Crippen LogP contribution is 2.21. The first-order valence-corrected chi connectivity index (χ1v) is 8.68. The molecule has 0 unspecified atom stereocenters. The Morgan fingerprint density at radius 3 is 2.24 bits per heavy atom. The first-order chi connectivity index (χ1) is 12.1. The maximum atomic E-state index is 12.0. The summed E-state index contributed by atoms with van der Waals surface area (Å²) in [6.07, 6.45) is 2.46. The Labute approximate surface area is 152 Å². The largest absolute Gasteiger partial charge is 0.372 e. The molecule has 0 aliphatic carbocycles. The first kappa shape index (κ1) is 17.3. The summed E-state index contributed by atoms with van der Waals surface area (Å²) in [4.78, 5) is 26.3. The molecule has 0 bridgehead atoms. The van der Waals surface area contributed by atoms with Crippen LogP contribution in [0.5, 0.6) is 0 Å². The van der Waals surface area contributed by atoms with E-state index in [9.17, 15) is 9.59 Å². The highest BCUT2D eigenvalue weighted by atomic mass is 35.5. The molecule has 2 aromatic rings.